The van der Waals surface area contributed by atoms with Gasteiger partial charge in [0.25, 0.3) is 0 Å². The van der Waals surface area contributed by atoms with Crippen molar-refractivity contribution in [2.24, 2.45) is 5.73 Å². The number of carbonyl (C=O) groups is 1. The molecule has 17 heavy (non-hydrogen) atoms. The summed E-state index contributed by atoms with van der Waals surface area (Å²) in [6.45, 7) is 2.01. The number of carbonyl (C=O) groups excluding carboxylic acids is 1. The fraction of sp³-hybridized carbons (Fsp3) is 0.462. The summed E-state index contributed by atoms with van der Waals surface area (Å²) >= 11 is 1.90. The Morgan fingerprint density at radius 2 is 2.35 bits per heavy atom. The van der Waals surface area contributed by atoms with Gasteiger partial charge >= 0.3 is 0 Å². The lowest BCUT2D eigenvalue weighted by Crippen LogP contribution is -2.35. The number of hydrogen-bond donors (Lipinski definition) is 2. The van der Waals surface area contributed by atoms with Gasteiger partial charge in [-0.15, -0.1) is 11.8 Å². The average molecular weight is 250 g/mol. The van der Waals surface area contributed by atoms with Gasteiger partial charge in [-0.05, 0) is 30.7 Å². The Kier molecular flexibility index (Phi) is 4.07. The Labute approximate surface area is 106 Å². The molecule has 2 atom stereocenters. The normalized spacial score (nSPS) is 20.6. The number of nitrogens with one attached hydrogen (secondary N) is 1. The van der Waals surface area contributed by atoms with Gasteiger partial charge in [-0.2, -0.15) is 0 Å². The molecule has 0 saturated heterocycles. The number of primary amides is 1. The summed E-state index contributed by atoms with van der Waals surface area (Å²) in [7, 11) is 0. The number of fused-ring (bicyclic) bond motifs is 1. The molecule has 0 unspecified atom stereocenters. The third kappa shape index (κ3) is 3.23. The van der Waals surface area contributed by atoms with Crippen molar-refractivity contribution in [3.05, 3.63) is 29.8 Å². The molecule has 92 valence electrons. The molecular formula is C13H18N2OS. The minimum Gasteiger partial charge on any atom is -0.370 e. The first-order chi connectivity index (χ1) is 8.16. The first kappa shape index (κ1) is 12.5. The third-order valence-corrected chi connectivity index (χ3v) is 4.07. The van der Waals surface area contributed by atoms with Gasteiger partial charge in [-0.1, -0.05) is 18.2 Å². The molecule has 0 radical (unpaired) electrons. The summed E-state index contributed by atoms with van der Waals surface area (Å²) in [5.41, 5.74) is 6.56. The Balaban J connectivity index is 2.05. The zero-order valence-electron chi connectivity index (χ0n) is 9.98. The third-order valence-electron chi connectivity index (χ3n) is 2.95. The molecular weight excluding hydrogens is 232 g/mol. The van der Waals surface area contributed by atoms with Crippen LogP contribution in [0.5, 0.6) is 0 Å². The molecule has 0 saturated carbocycles. The smallest absolute Gasteiger partial charge is 0.218 e. The van der Waals surface area contributed by atoms with Crippen LogP contribution in [-0.4, -0.2) is 17.7 Å². The van der Waals surface area contributed by atoms with E-state index >= 15 is 0 Å². The monoisotopic (exact) mass is 250 g/mol. The first-order valence-electron chi connectivity index (χ1n) is 5.93. The van der Waals surface area contributed by atoms with E-state index in [0.717, 1.165) is 12.2 Å². The molecule has 1 aromatic rings. The van der Waals surface area contributed by atoms with E-state index in [1.54, 1.807) is 0 Å². The maximum absolute atomic E-state index is 10.9. The van der Waals surface area contributed by atoms with Crippen LogP contribution in [0.2, 0.25) is 0 Å². The van der Waals surface area contributed by atoms with Crippen molar-refractivity contribution >= 4 is 17.7 Å². The Morgan fingerprint density at radius 1 is 1.59 bits per heavy atom. The lowest BCUT2D eigenvalue weighted by molar-refractivity contribution is -0.118. The van der Waals surface area contributed by atoms with Gasteiger partial charge in [0.1, 0.15) is 0 Å². The molecule has 0 aromatic heterocycles. The Bertz CT molecular complexity index is 408. The Morgan fingerprint density at radius 3 is 3.12 bits per heavy atom. The SMILES string of the molecule is C[C@H](CC(N)=O)N[C@H]1CCSc2ccccc21. The fourth-order valence-electron chi connectivity index (χ4n) is 2.22. The van der Waals surface area contributed by atoms with Crippen LogP contribution in [0.3, 0.4) is 0 Å². The number of thioether (sulfide) groups is 1. The number of rotatable bonds is 4. The quantitative estimate of drug-likeness (QED) is 0.860. The van der Waals surface area contributed by atoms with Gasteiger partial charge in [-0.25, -0.2) is 0 Å². The van der Waals surface area contributed by atoms with Crippen molar-refractivity contribution in [1.82, 2.24) is 5.32 Å². The van der Waals surface area contributed by atoms with Gasteiger partial charge in [0.15, 0.2) is 0 Å². The summed E-state index contributed by atoms with van der Waals surface area (Å²) in [5.74, 6) is 0.876. The highest BCUT2D eigenvalue weighted by Crippen LogP contribution is 2.36. The lowest BCUT2D eigenvalue weighted by Gasteiger charge is -2.28. The summed E-state index contributed by atoms with van der Waals surface area (Å²) in [6.07, 6.45) is 1.50. The summed E-state index contributed by atoms with van der Waals surface area (Å²) < 4.78 is 0. The molecule has 1 aliphatic heterocycles. The van der Waals surface area contributed by atoms with Crippen molar-refractivity contribution in [2.45, 2.75) is 36.7 Å². The zero-order chi connectivity index (χ0) is 12.3. The molecule has 3 nitrogen and oxygen atoms in total. The summed E-state index contributed by atoms with van der Waals surface area (Å²) in [6, 6.07) is 8.94. The van der Waals surface area contributed by atoms with Gasteiger partial charge in [0, 0.05) is 23.4 Å². The standard InChI is InChI=1S/C13H18N2OS/c1-9(8-13(14)16)15-11-6-7-17-12-5-3-2-4-10(11)12/h2-5,9,11,15H,6-8H2,1H3,(H2,14,16)/t9-,11+/m1/s1. The molecule has 0 spiro atoms. The molecule has 1 amide bonds. The summed E-state index contributed by atoms with van der Waals surface area (Å²) in [4.78, 5) is 12.2. The predicted octanol–water partition coefficient (Wildman–Crippen LogP) is 2.08. The molecule has 0 fully saturated rings. The molecule has 1 aromatic carbocycles. The zero-order valence-corrected chi connectivity index (χ0v) is 10.8. The van der Waals surface area contributed by atoms with E-state index in [9.17, 15) is 4.79 Å². The molecule has 3 N–H and O–H groups in total. The van der Waals surface area contributed by atoms with E-state index in [2.05, 4.69) is 29.6 Å². The second-order valence-corrected chi connectivity index (χ2v) is 5.60. The van der Waals surface area contributed by atoms with Crippen molar-refractivity contribution < 1.29 is 4.79 Å². The van der Waals surface area contributed by atoms with E-state index in [-0.39, 0.29) is 11.9 Å². The highest BCUT2D eigenvalue weighted by atomic mass is 32.2. The van der Waals surface area contributed by atoms with Crippen molar-refractivity contribution in [2.75, 3.05) is 5.75 Å². The van der Waals surface area contributed by atoms with Crippen molar-refractivity contribution in [1.29, 1.82) is 0 Å². The van der Waals surface area contributed by atoms with E-state index < -0.39 is 0 Å². The molecule has 4 heteroatoms. The maximum atomic E-state index is 10.9. The van der Waals surface area contributed by atoms with Crippen LogP contribution in [-0.2, 0) is 4.79 Å². The summed E-state index contributed by atoms with van der Waals surface area (Å²) in [5, 5.41) is 3.49. The van der Waals surface area contributed by atoms with Crippen LogP contribution in [0.4, 0.5) is 0 Å². The van der Waals surface area contributed by atoms with E-state index in [1.165, 1.54) is 10.5 Å². The van der Waals surface area contributed by atoms with Gasteiger partial charge in [-0.3, -0.25) is 4.79 Å². The molecule has 1 aliphatic rings. The van der Waals surface area contributed by atoms with Crippen LogP contribution < -0.4 is 11.1 Å². The highest BCUT2D eigenvalue weighted by Gasteiger charge is 2.21. The minimum absolute atomic E-state index is 0.133. The van der Waals surface area contributed by atoms with Gasteiger partial charge in [0.2, 0.25) is 5.91 Å². The Hall–Kier alpha value is -1.00. The highest BCUT2D eigenvalue weighted by molar-refractivity contribution is 7.99. The van der Waals surface area contributed by atoms with Gasteiger partial charge < -0.3 is 11.1 Å². The van der Waals surface area contributed by atoms with Crippen LogP contribution >= 0.6 is 11.8 Å². The van der Waals surface area contributed by atoms with Crippen molar-refractivity contribution in [3.8, 4) is 0 Å². The van der Waals surface area contributed by atoms with Crippen LogP contribution in [0.15, 0.2) is 29.2 Å². The van der Waals surface area contributed by atoms with Crippen LogP contribution in [0.1, 0.15) is 31.4 Å². The second-order valence-electron chi connectivity index (χ2n) is 4.47. The largest absolute Gasteiger partial charge is 0.370 e. The van der Waals surface area contributed by atoms with Crippen LogP contribution in [0.25, 0.3) is 0 Å². The topological polar surface area (TPSA) is 55.1 Å². The lowest BCUT2D eigenvalue weighted by atomic mass is 10.0. The van der Waals surface area contributed by atoms with E-state index in [1.807, 2.05) is 18.7 Å². The fourth-order valence-corrected chi connectivity index (χ4v) is 3.34. The van der Waals surface area contributed by atoms with Crippen molar-refractivity contribution in [3.63, 3.8) is 0 Å². The first-order valence-corrected chi connectivity index (χ1v) is 6.91. The molecule has 2 rings (SSSR count). The van der Waals surface area contributed by atoms with Gasteiger partial charge in [0.05, 0.1) is 0 Å². The average Bonchev–Trinajstić information content (AvgIpc) is 2.28. The molecule has 1 heterocycles. The maximum Gasteiger partial charge on any atom is 0.218 e. The van der Waals surface area contributed by atoms with Crippen LogP contribution in [0, 0.1) is 0 Å². The number of amides is 1. The second kappa shape index (κ2) is 5.56. The number of benzene rings is 1. The predicted molar refractivity (Wildman–Crippen MR) is 70.9 cm³/mol. The molecule has 0 aliphatic carbocycles. The molecule has 0 bridgehead atoms. The number of hydrogen-bond acceptors (Lipinski definition) is 3. The van der Waals surface area contributed by atoms with E-state index in [4.69, 9.17) is 5.73 Å². The van der Waals surface area contributed by atoms with E-state index in [0.29, 0.717) is 12.5 Å². The number of nitrogens with two attached hydrogens (primary N) is 1. The minimum atomic E-state index is -0.247.